The van der Waals surface area contributed by atoms with Crippen LogP contribution in [0, 0.1) is 18.3 Å². The van der Waals surface area contributed by atoms with Gasteiger partial charge in [-0.2, -0.15) is 5.26 Å². The van der Waals surface area contributed by atoms with Crippen LogP contribution in [0.15, 0.2) is 35.6 Å². The minimum absolute atomic E-state index is 0.733. The van der Waals surface area contributed by atoms with Gasteiger partial charge in [0, 0.05) is 0 Å². The van der Waals surface area contributed by atoms with Gasteiger partial charge in [0.25, 0.3) is 0 Å². The molecule has 1 aromatic carbocycles. The van der Waals surface area contributed by atoms with Crippen LogP contribution in [0.3, 0.4) is 0 Å². The molecule has 0 N–H and O–H groups in total. The van der Waals surface area contributed by atoms with E-state index in [0.717, 1.165) is 30.6 Å². The smallest absolute Gasteiger partial charge is 0.106 e. The Kier molecular flexibility index (Phi) is 5.29. The number of hydrogen-bond donors (Lipinski definition) is 0. The van der Waals surface area contributed by atoms with E-state index in [1.807, 2.05) is 6.92 Å². The maximum atomic E-state index is 8.97. The van der Waals surface area contributed by atoms with Gasteiger partial charge in [-0.15, -0.1) is 0 Å². The maximum Gasteiger partial charge on any atom is 0.106 e. The van der Waals surface area contributed by atoms with Crippen LogP contribution in [-0.4, -0.2) is 7.11 Å². The van der Waals surface area contributed by atoms with Crippen LogP contribution in [-0.2, 0) is 11.2 Å². The Balaban J connectivity index is 2.48. The lowest BCUT2D eigenvalue weighted by molar-refractivity contribution is 0.289. The third-order valence-electron chi connectivity index (χ3n) is 2.88. The molecule has 0 saturated heterocycles. The number of rotatable bonds is 5. The summed E-state index contributed by atoms with van der Waals surface area (Å²) in [6, 6.07) is 10.7. The largest absolute Gasteiger partial charge is 0.500 e. The fourth-order valence-corrected chi connectivity index (χ4v) is 1.66. The molecular formula is C15H19NO. The molecule has 0 radical (unpaired) electrons. The van der Waals surface area contributed by atoms with Gasteiger partial charge >= 0.3 is 0 Å². The highest BCUT2D eigenvalue weighted by Crippen LogP contribution is 2.14. The molecule has 2 heteroatoms. The molecule has 1 aromatic rings. The molecule has 17 heavy (non-hydrogen) atoms. The Morgan fingerprint density at radius 1 is 1.29 bits per heavy atom. The van der Waals surface area contributed by atoms with Crippen molar-refractivity contribution in [1.29, 1.82) is 5.26 Å². The molecule has 0 spiro atoms. The number of hydrogen-bond acceptors (Lipinski definition) is 2. The Hall–Kier alpha value is -1.75. The highest BCUT2D eigenvalue weighted by molar-refractivity contribution is 5.24. The summed E-state index contributed by atoms with van der Waals surface area (Å²) in [4.78, 5) is 0. The van der Waals surface area contributed by atoms with Gasteiger partial charge in [0.2, 0.25) is 0 Å². The van der Waals surface area contributed by atoms with Crippen LogP contribution in [0.1, 0.15) is 30.9 Å². The van der Waals surface area contributed by atoms with Gasteiger partial charge in [-0.3, -0.25) is 0 Å². The Morgan fingerprint density at radius 3 is 2.47 bits per heavy atom. The van der Waals surface area contributed by atoms with Crippen molar-refractivity contribution in [3.8, 4) is 6.07 Å². The van der Waals surface area contributed by atoms with Gasteiger partial charge in [-0.05, 0) is 38.7 Å². The lowest BCUT2D eigenvalue weighted by Gasteiger charge is -2.05. The number of aryl methyl sites for hydroxylation is 2. The molecule has 1 rings (SSSR count). The fourth-order valence-electron chi connectivity index (χ4n) is 1.66. The third kappa shape index (κ3) is 4.32. The molecule has 0 saturated carbocycles. The Bertz CT molecular complexity index is 423. The van der Waals surface area contributed by atoms with Gasteiger partial charge in [-0.1, -0.05) is 29.8 Å². The minimum Gasteiger partial charge on any atom is -0.500 e. The van der Waals surface area contributed by atoms with Crippen LogP contribution >= 0.6 is 0 Å². The zero-order chi connectivity index (χ0) is 12.7. The standard InChI is InChI=1S/C15H19NO/c1-12-7-9-14(10-8-12)5-4-6-15(11-16)13(2)17-3/h7-10H,4-6H2,1-3H3/b15-13+. The first-order valence-corrected chi connectivity index (χ1v) is 5.86. The van der Waals surface area contributed by atoms with Gasteiger partial charge in [0.05, 0.1) is 18.8 Å². The second-order valence-corrected chi connectivity index (χ2v) is 4.19. The predicted molar refractivity (Wildman–Crippen MR) is 69.4 cm³/mol. The van der Waals surface area contributed by atoms with E-state index in [1.54, 1.807) is 7.11 Å². The minimum atomic E-state index is 0.733. The van der Waals surface area contributed by atoms with Crippen molar-refractivity contribution in [3.05, 3.63) is 46.7 Å². The van der Waals surface area contributed by atoms with E-state index in [0.29, 0.717) is 0 Å². The Morgan fingerprint density at radius 2 is 1.94 bits per heavy atom. The number of methoxy groups -OCH3 is 1. The molecule has 0 amide bonds. The SMILES string of the molecule is CO/C(C)=C(/C#N)CCCc1ccc(C)cc1. The van der Waals surface area contributed by atoms with Crippen LogP contribution in [0.2, 0.25) is 0 Å². The molecular weight excluding hydrogens is 210 g/mol. The van der Waals surface area contributed by atoms with Crippen molar-refractivity contribution < 1.29 is 4.74 Å². The average molecular weight is 229 g/mol. The summed E-state index contributed by atoms with van der Waals surface area (Å²) < 4.78 is 5.08. The molecule has 0 atom stereocenters. The zero-order valence-corrected chi connectivity index (χ0v) is 10.8. The van der Waals surface area contributed by atoms with Crippen LogP contribution in [0.5, 0.6) is 0 Å². The van der Waals surface area contributed by atoms with Gasteiger partial charge in [0.1, 0.15) is 5.76 Å². The monoisotopic (exact) mass is 229 g/mol. The van der Waals surface area contributed by atoms with E-state index in [1.165, 1.54) is 11.1 Å². The topological polar surface area (TPSA) is 33.0 Å². The number of nitriles is 1. The average Bonchev–Trinajstić information content (AvgIpc) is 2.36. The van der Waals surface area contributed by atoms with Crippen molar-refractivity contribution in [2.75, 3.05) is 7.11 Å². The first-order valence-electron chi connectivity index (χ1n) is 5.86. The van der Waals surface area contributed by atoms with E-state index in [4.69, 9.17) is 10.00 Å². The van der Waals surface area contributed by atoms with E-state index >= 15 is 0 Å². The molecule has 0 bridgehead atoms. The summed E-state index contributed by atoms with van der Waals surface area (Å²) in [5.74, 6) is 0.733. The molecule has 0 fully saturated rings. The molecule has 0 aliphatic rings. The number of allylic oxidation sites excluding steroid dienone is 2. The van der Waals surface area contributed by atoms with Gasteiger partial charge in [-0.25, -0.2) is 0 Å². The van der Waals surface area contributed by atoms with Crippen LogP contribution < -0.4 is 0 Å². The van der Waals surface area contributed by atoms with Gasteiger partial charge < -0.3 is 4.74 Å². The summed E-state index contributed by atoms with van der Waals surface area (Å²) in [5, 5.41) is 8.97. The summed E-state index contributed by atoms with van der Waals surface area (Å²) in [5.41, 5.74) is 3.35. The fraction of sp³-hybridized carbons (Fsp3) is 0.400. The van der Waals surface area contributed by atoms with Crippen molar-refractivity contribution >= 4 is 0 Å². The summed E-state index contributed by atoms with van der Waals surface area (Å²) in [6.45, 7) is 3.92. The number of benzene rings is 1. The quantitative estimate of drug-likeness (QED) is 0.569. The molecule has 2 nitrogen and oxygen atoms in total. The Labute approximate surface area is 104 Å². The number of ether oxygens (including phenoxy) is 1. The molecule has 90 valence electrons. The molecule has 0 heterocycles. The molecule has 0 aliphatic heterocycles. The van der Waals surface area contributed by atoms with Crippen molar-refractivity contribution in [2.45, 2.75) is 33.1 Å². The van der Waals surface area contributed by atoms with E-state index in [2.05, 4.69) is 37.3 Å². The second-order valence-electron chi connectivity index (χ2n) is 4.19. The normalized spacial score (nSPS) is 11.6. The highest BCUT2D eigenvalue weighted by atomic mass is 16.5. The third-order valence-corrected chi connectivity index (χ3v) is 2.88. The molecule has 0 unspecified atom stereocenters. The lowest BCUT2D eigenvalue weighted by Crippen LogP contribution is -1.92. The molecule has 0 aromatic heterocycles. The first-order chi connectivity index (χ1) is 8.17. The second kappa shape index (κ2) is 6.75. The zero-order valence-electron chi connectivity index (χ0n) is 10.8. The maximum absolute atomic E-state index is 8.97. The van der Waals surface area contributed by atoms with Crippen LogP contribution in [0.25, 0.3) is 0 Å². The summed E-state index contributed by atoms with van der Waals surface area (Å²) in [6.07, 6.45) is 2.76. The van der Waals surface area contributed by atoms with Crippen molar-refractivity contribution in [2.24, 2.45) is 0 Å². The summed E-state index contributed by atoms with van der Waals surface area (Å²) >= 11 is 0. The van der Waals surface area contributed by atoms with E-state index in [9.17, 15) is 0 Å². The van der Waals surface area contributed by atoms with Crippen molar-refractivity contribution in [1.82, 2.24) is 0 Å². The van der Waals surface area contributed by atoms with E-state index in [-0.39, 0.29) is 0 Å². The molecule has 0 aliphatic carbocycles. The highest BCUT2D eigenvalue weighted by Gasteiger charge is 2.02. The van der Waals surface area contributed by atoms with Crippen molar-refractivity contribution in [3.63, 3.8) is 0 Å². The van der Waals surface area contributed by atoms with E-state index < -0.39 is 0 Å². The summed E-state index contributed by atoms with van der Waals surface area (Å²) in [7, 11) is 1.60. The van der Waals surface area contributed by atoms with Gasteiger partial charge in [0.15, 0.2) is 0 Å². The van der Waals surface area contributed by atoms with Crippen LogP contribution in [0.4, 0.5) is 0 Å². The lowest BCUT2D eigenvalue weighted by atomic mass is 10.0. The predicted octanol–water partition coefficient (Wildman–Crippen LogP) is 3.76. The first kappa shape index (κ1) is 13.3. The number of nitrogens with zero attached hydrogens (tertiary/aromatic N) is 1.